The van der Waals surface area contributed by atoms with E-state index in [0.717, 1.165) is 29.8 Å². The highest BCUT2D eigenvalue weighted by Gasteiger charge is 2.07. The van der Waals surface area contributed by atoms with E-state index in [-0.39, 0.29) is 5.82 Å². The lowest BCUT2D eigenvalue weighted by Gasteiger charge is -2.11. The van der Waals surface area contributed by atoms with E-state index in [0.29, 0.717) is 11.6 Å². The van der Waals surface area contributed by atoms with E-state index in [1.54, 1.807) is 12.3 Å². The first-order valence-electron chi connectivity index (χ1n) is 6.70. The molecule has 0 aliphatic carbocycles. The summed E-state index contributed by atoms with van der Waals surface area (Å²) in [5.41, 5.74) is 2.92. The fourth-order valence-corrected chi connectivity index (χ4v) is 1.88. The van der Waals surface area contributed by atoms with Crippen LogP contribution < -0.4 is 10.1 Å². The van der Waals surface area contributed by atoms with E-state index in [1.807, 2.05) is 19.9 Å². The van der Waals surface area contributed by atoms with Crippen LogP contribution in [0.4, 0.5) is 4.39 Å². The molecular weight excluding hydrogens is 255 g/mol. The summed E-state index contributed by atoms with van der Waals surface area (Å²) in [5.74, 6) is 0.700. The highest BCUT2D eigenvalue weighted by molar-refractivity contribution is 5.38. The molecule has 0 bridgehead atoms. The van der Waals surface area contributed by atoms with Crippen molar-refractivity contribution in [3.8, 4) is 11.6 Å². The molecule has 0 saturated heterocycles. The molecule has 0 aliphatic rings. The van der Waals surface area contributed by atoms with Crippen LogP contribution >= 0.6 is 0 Å². The van der Waals surface area contributed by atoms with Gasteiger partial charge in [0.25, 0.3) is 0 Å². The van der Waals surface area contributed by atoms with Crippen LogP contribution in [0.25, 0.3) is 0 Å². The zero-order valence-electron chi connectivity index (χ0n) is 12.0. The van der Waals surface area contributed by atoms with E-state index in [4.69, 9.17) is 4.74 Å². The lowest BCUT2D eigenvalue weighted by atomic mass is 10.2. The van der Waals surface area contributed by atoms with Crippen LogP contribution in [0, 0.1) is 19.7 Å². The maximum Gasteiger partial charge on any atom is 0.222 e. The molecule has 3 nitrogen and oxygen atoms in total. The Morgan fingerprint density at radius 3 is 2.70 bits per heavy atom. The Hall–Kier alpha value is -1.94. The highest BCUT2D eigenvalue weighted by Crippen LogP contribution is 2.26. The van der Waals surface area contributed by atoms with E-state index in [1.165, 1.54) is 12.1 Å². The molecule has 20 heavy (non-hydrogen) atoms. The van der Waals surface area contributed by atoms with Crippen LogP contribution in [0.15, 0.2) is 30.5 Å². The average Bonchev–Trinajstić information content (AvgIpc) is 2.43. The van der Waals surface area contributed by atoms with Gasteiger partial charge in [0.1, 0.15) is 11.6 Å². The van der Waals surface area contributed by atoms with Gasteiger partial charge in [-0.25, -0.2) is 9.37 Å². The summed E-state index contributed by atoms with van der Waals surface area (Å²) in [4.78, 5) is 4.31. The predicted octanol–water partition coefficient (Wildman–Crippen LogP) is 3.74. The number of benzene rings is 1. The van der Waals surface area contributed by atoms with Gasteiger partial charge in [-0.15, -0.1) is 0 Å². The molecule has 0 amide bonds. The molecule has 0 atom stereocenters. The largest absolute Gasteiger partial charge is 0.438 e. The van der Waals surface area contributed by atoms with E-state index in [9.17, 15) is 4.39 Å². The molecule has 0 saturated carbocycles. The van der Waals surface area contributed by atoms with Gasteiger partial charge in [0, 0.05) is 24.4 Å². The molecule has 1 N–H and O–H groups in total. The number of pyridine rings is 1. The summed E-state index contributed by atoms with van der Waals surface area (Å²) in [5, 5.41) is 3.25. The van der Waals surface area contributed by atoms with Crippen molar-refractivity contribution < 1.29 is 9.13 Å². The Labute approximate surface area is 118 Å². The van der Waals surface area contributed by atoms with E-state index in [2.05, 4.69) is 17.2 Å². The van der Waals surface area contributed by atoms with Gasteiger partial charge in [-0.05, 0) is 43.7 Å². The van der Waals surface area contributed by atoms with Crippen molar-refractivity contribution in [3.63, 3.8) is 0 Å². The second-order valence-corrected chi connectivity index (χ2v) is 4.76. The summed E-state index contributed by atoms with van der Waals surface area (Å²) in [6.45, 7) is 7.57. The van der Waals surface area contributed by atoms with Crippen molar-refractivity contribution in [2.45, 2.75) is 27.3 Å². The fourth-order valence-electron chi connectivity index (χ4n) is 1.88. The van der Waals surface area contributed by atoms with E-state index < -0.39 is 0 Å². The topological polar surface area (TPSA) is 34.2 Å². The fraction of sp³-hybridized carbons (Fsp3) is 0.312. The number of nitrogens with one attached hydrogen (secondary N) is 1. The molecule has 2 rings (SSSR count). The van der Waals surface area contributed by atoms with Gasteiger partial charge < -0.3 is 10.1 Å². The number of aryl methyl sites for hydroxylation is 2. The summed E-state index contributed by atoms with van der Waals surface area (Å²) in [6, 6.07) is 6.52. The summed E-state index contributed by atoms with van der Waals surface area (Å²) in [7, 11) is 0. The van der Waals surface area contributed by atoms with Crippen molar-refractivity contribution >= 4 is 0 Å². The third-order valence-electron chi connectivity index (χ3n) is 3.02. The number of hydrogen-bond acceptors (Lipinski definition) is 3. The van der Waals surface area contributed by atoms with Crippen LogP contribution in [0.3, 0.4) is 0 Å². The smallest absolute Gasteiger partial charge is 0.222 e. The number of rotatable bonds is 5. The molecule has 106 valence electrons. The third kappa shape index (κ3) is 3.54. The molecule has 1 aromatic heterocycles. The Kier molecular flexibility index (Phi) is 4.69. The van der Waals surface area contributed by atoms with Crippen LogP contribution in [-0.4, -0.2) is 11.5 Å². The number of halogens is 1. The van der Waals surface area contributed by atoms with Gasteiger partial charge in [-0.2, -0.15) is 0 Å². The van der Waals surface area contributed by atoms with Crippen molar-refractivity contribution in [1.29, 1.82) is 0 Å². The minimum absolute atomic E-state index is 0.313. The highest BCUT2D eigenvalue weighted by atomic mass is 19.1. The molecule has 0 spiro atoms. The maximum absolute atomic E-state index is 13.2. The van der Waals surface area contributed by atoms with Gasteiger partial charge >= 0.3 is 0 Å². The summed E-state index contributed by atoms with van der Waals surface area (Å²) in [6.07, 6.45) is 1.78. The monoisotopic (exact) mass is 274 g/mol. The minimum Gasteiger partial charge on any atom is -0.438 e. The van der Waals surface area contributed by atoms with Crippen LogP contribution in [0.5, 0.6) is 11.6 Å². The number of nitrogens with zero attached hydrogens (tertiary/aromatic N) is 1. The van der Waals surface area contributed by atoms with Crippen molar-refractivity contribution in [2.75, 3.05) is 6.54 Å². The zero-order chi connectivity index (χ0) is 14.5. The van der Waals surface area contributed by atoms with Gasteiger partial charge in [-0.3, -0.25) is 0 Å². The first-order valence-corrected chi connectivity index (χ1v) is 6.70. The molecule has 1 aromatic carbocycles. The van der Waals surface area contributed by atoms with Gasteiger partial charge in [-0.1, -0.05) is 13.0 Å². The molecule has 4 heteroatoms. The standard InChI is InChI=1S/C16H19FN2O/c1-4-18-9-13-7-12(3)16(19-10-13)20-15-8-14(17)6-5-11(15)2/h5-8,10,18H,4,9H2,1-3H3. The van der Waals surface area contributed by atoms with E-state index >= 15 is 0 Å². The lowest BCUT2D eigenvalue weighted by Crippen LogP contribution is -2.12. The van der Waals surface area contributed by atoms with Gasteiger partial charge in [0.2, 0.25) is 5.88 Å². The molecule has 0 unspecified atom stereocenters. The average molecular weight is 274 g/mol. The molecule has 0 fully saturated rings. The Morgan fingerprint density at radius 2 is 2.00 bits per heavy atom. The Morgan fingerprint density at radius 1 is 1.20 bits per heavy atom. The Bertz CT molecular complexity index is 599. The lowest BCUT2D eigenvalue weighted by molar-refractivity contribution is 0.450. The predicted molar refractivity (Wildman–Crippen MR) is 77.6 cm³/mol. The van der Waals surface area contributed by atoms with Crippen LogP contribution in [0.2, 0.25) is 0 Å². The SMILES string of the molecule is CCNCc1cnc(Oc2cc(F)ccc2C)c(C)c1. The maximum atomic E-state index is 13.2. The van der Waals surface area contributed by atoms with Crippen molar-refractivity contribution in [3.05, 3.63) is 53.0 Å². The first kappa shape index (κ1) is 14.5. The van der Waals surface area contributed by atoms with Crippen molar-refractivity contribution in [2.24, 2.45) is 0 Å². The molecule has 0 aliphatic heterocycles. The summed E-state index contributed by atoms with van der Waals surface area (Å²) >= 11 is 0. The number of hydrogen-bond donors (Lipinski definition) is 1. The molecular formula is C16H19FN2O. The van der Waals surface area contributed by atoms with Crippen LogP contribution in [0.1, 0.15) is 23.6 Å². The molecule has 1 heterocycles. The first-order chi connectivity index (χ1) is 9.60. The second-order valence-electron chi connectivity index (χ2n) is 4.76. The quantitative estimate of drug-likeness (QED) is 0.902. The number of ether oxygens (including phenoxy) is 1. The van der Waals surface area contributed by atoms with Gasteiger partial charge in [0.15, 0.2) is 0 Å². The zero-order valence-corrected chi connectivity index (χ0v) is 12.0. The molecule has 2 aromatic rings. The second kappa shape index (κ2) is 6.48. The normalized spacial score (nSPS) is 10.6. The van der Waals surface area contributed by atoms with Crippen molar-refractivity contribution in [1.82, 2.24) is 10.3 Å². The summed E-state index contributed by atoms with van der Waals surface area (Å²) < 4.78 is 19.0. The minimum atomic E-state index is -0.313. The third-order valence-corrected chi connectivity index (χ3v) is 3.02. The van der Waals surface area contributed by atoms with Crippen LogP contribution in [-0.2, 0) is 6.54 Å². The number of aromatic nitrogens is 1. The molecule has 0 radical (unpaired) electrons. The Balaban J connectivity index is 2.19. The van der Waals surface area contributed by atoms with Gasteiger partial charge in [0.05, 0.1) is 0 Å².